The van der Waals surface area contributed by atoms with Gasteiger partial charge in [0.1, 0.15) is 0 Å². The number of nitrogens with one attached hydrogen (secondary N) is 1. The van der Waals surface area contributed by atoms with Crippen LogP contribution in [0.3, 0.4) is 0 Å². The zero-order valence-electron chi connectivity index (χ0n) is 8.63. The van der Waals surface area contributed by atoms with Gasteiger partial charge in [0, 0.05) is 18.8 Å². The second-order valence-corrected chi connectivity index (χ2v) is 3.62. The molecule has 1 fully saturated rings. The molecular formula is C10H18N2O. The van der Waals surface area contributed by atoms with Crippen molar-refractivity contribution in [2.75, 3.05) is 20.6 Å². The minimum absolute atomic E-state index is 0.114. The standard InChI is InChI=1S/C10H18N2O/c1-8(11-2)7-10(13)9-5-4-6-12(9)3/h7,9,11H,4-6H2,1-3H3/b8-7-. The monoisotopic (exact) mass is 182 g/mol. The summed E-state index contributed by atoms with van der Waals surface area (Å²) in [5, 5.41) is 2.96. The van der Waals surface area contributed by atoms with E-state index in [1.165, 1.54) is 0 Å². The van der Waals surface area contributed by atoms with E-state index in [1.54, 1.807) is 6.08 Å². The minimum atomic E-state index is 0.114. The van der Waals surface area contributed by atoms with Gasteiger partial charge in [-0.05, 0) is 33.4 Å². The normalized spacial score (nSPS) is 24.8. The van der Waals surface area contributed by atoms with Crippen molar-refractivity contribution in [1.82, 2.24) is 10.2 Å². The highest BCUT2D eigenvalue weighted by Crippen LogP contribution is 2.16. The summed E-state index contributed by atoms with van der Waals surface area (Å²) in [5.74, 6) is 0.229. The first kappa shape index (κ1) is 10.3. The Balaban J connectivity index is 2.57. The average Bonchev–Trinajstić information content (AvgIpc) is 2.51. The smallest absolute Gasteiger partial charge is 0.174 e. The molecule has 3 nitrogen and oxygen atoms in total. The van der Waals surface area contributed by atoms with Crippen molar-refractivity contribution >= 4 is 5.78 Å². The van der Waals surface area contributed by atoms with E-state index in [0.717, 1.165) is 25.1 Å². The summed E-state index contributed by atoms with van der Waals surface area (Å²) in [6.07, 6.45) is 3.84. The third kappa shape index (κ3) is 2.56. The summed E-state index contributed by atoms with van der Waals surface area (Å²) in [7, 11) is 3.84. The summed E-state index contributed by atoms with van der Waals surface area (Å²) < 4.78 is 0. The molecule has 3 heteroatoms. The predicted molar refractivity (Wildman–Crippen MR) is 53.5 cm³/mol. The molecule has 0 saturated carbocycles. The lowest BCUT2D eigenvalue weighted by Gasteiger charge is -2.16. The summed E-state index contributed by atoms with van der Waals surface area (Å²) in [4.78, 5) is 13.8. The number of ketones is 1. The van der Waals surface area contributed by atoms with E-state index >= 15 is 0 Å². The molecule has 0 radical (unpaired) electrons. The Bertz CT molecular complexity index is 223. The molecule has 0 aliphatic carbocycles. The van der Waals surface area contributed by atoms with Gasteiger partial charge in [-0.25, -0.2) is 0 Å². The molecule has 1 saturated heterocycles. The van der Waals surface area contributed by atoms with Gasteiger partial charge in [-0.15, -0.1) is 0 Å². The molecule has 0 aromatic heterocycles. The van der Waals surface area contributed by atoms with Gasteiger partial charge in [0.05, 0.1) is 6.04 Å². The molecule has 0 amide bonds. The van der Waals surface area contributed by atoms with Crippen LogP contribution < -0.4 is 5.32 Å². The molecule has 0 aromatic carbocycles. The highest BCUT2D eigenvalue weighted by atomic mass is 16.1. The summed E-state index contributed by atoms with van der Waals surface area (Å²) in [5.41, 5.74) is 0.935. The largest absolute Gasteiger partial charge is 0.392 e. The fourth-order valence-electron chi connectivity index (χ4n) is 1.65. The Hall–Kier alpha value is -0.830. The van der Waals surface area contributed by atoms with Gasteiger partial charge >= 0.3 is 0 Å². The summed E-state index contributed by atoms with van der Waals surface area (Å²) in [6, 6.07) is 0.114. The number of rotatable bonds is 3. The van der Waals surface area contributed by atoms with E-state index in [4.69, 9.17) is 0 Å². The van der Waals surface area contributed by atoms with Crippen LogP contribution in [0.25, 0.3) is 0 Å². The molecule has 0 bridgehead atoms. The van der Waals surface area contributed by atoms with E-state index < -0.39 is 0 Å². The minimum Gasteiger partial charge on any atom is -0.392 e. The molecule has 1 heterocycles. The van der Waals surface area contributed by atoms with Crippen LogP contribution in [-0.2, 0) is 4.79 Å². The molecule has 13 heavy (non-hydrogen) atoms. The summed E-state index contributed by atoms with van der Waals surface area (Å²) >= 11 is 0. The van der Waals surface area contributed by atoms with Crippen LogP contribution in [-0.4, -0.2) is 37.4 Å². The van der Waals surface area contributed by atoms with Gasteiger partial charge in [-0.2, -0.15) is 0 Å². The zero-order chi connectivity index (χ0) is 9.84. The van der Waals surface area contributed by atoms with Crippen LogP contribution in [0.4, 0.5) is 0 Å². The Labute approximate surface area is 79.8 Å². The van der Waals surface area contributed by atoms with Crippen molar-refractivity contribution in [2.24, 2.45) is 0 Å². The van der Waals surface area contributed by atoms with Gasteiger partial charge in [-0.1, -0.05) is 0 Å². The number of carbonyl (C=O) groups is 1. The van der Waals surface area contributed by atoms with Crippen molar-refractivity contribution in [3.05, 3.63) is 11.8 Å². The van der Waals surface area contributed by atoms with Gasteiger partial charge in [0.2, 0.25) is 0 Å². The SMILES string of the molecule is CN/C(C)=C\C(=O)C1CCCN1C. The molecule has 74 valence electrons. The fraction of sp³-hybridized carbons (Fsp3) is 0.700. The number of allylic oxidation sites excluding steroid dienone is 1. The Kier molecular flexibility index (Phi) is 3.48. The fourth-order valence-corrected chi connectivity index (χ4v) is 1.65. The molecule has 1 unspecified atom stereocenters. The third-order valence-electron chi connectivity index (χ3n) is 2.60. The highest BCUT2D eigenvalue weighted by Gasteiger charge is 2.25. The van der Waals surface area contributed by atoms with Crippen LogP contribution in [0.15, 0.2) is 11.8 Å². The average molecular weight is 182 g/mol. The van der Waals surface area contributed by atoms with Crippen LogP contribution in [0.2, 0.25) is 0 Å². The van der Waals surface area contributed by atoms with Gasteiger partial charge in [-0.3, -0.25) is 9.69 Å². The number of hydrogen-bond acceptors (Lipinski definition) is 3. The Morgan fingerprint density at radius 1 is 1.62 bits per heavy atom. The van der Waals surface area contributed by atoms with Crippen LogP contribution in [0.5, 0.6) is 0 Å². The van der Waals surface area contributed by atoms with Crippen LogP contribution >= 0.6 is 0 Å². The van der Waals surface area contributed by atoms with E-state index in [9.17, 15) is 4.79 Å². The second kappa shape index (κ2) is 4.42. The van der Waals surface area contributed by atoms with Gasteiger partial charge < -0.3 is 5.32 Å². The first-order chi connectivity index (χ1) is 6.15. The molecule has 1 rings (SSSR count). The number of likely N-dealkylation sites (N-methyl/N-ethyl adjacent to an activating group) is 1. The van der Waals surface area contributed by atoms with E-state index in [0.29, 0.717) is 0 Å². The lowest BCUT2D eigenvalue weighted by atomic mass is 10.1. The van der Waals surface area contributed by atoms with Crippen LogP contribution in [0, 0.1) is 0 Å². The number of likely N-dealkylation sites (tertiary alicyclic amines) is 1. The maximum absolute atomic E-state index is 11.7. The Morgan fingerprint density at radius 3 is 2.77 bits per heavy atom. The lowest BCUT2D eigenvalue weighted by Crippen LogP contribution is -2.32. The molecular weight excluding hydrogens is 164 g/mol. The van der Waals surface area contributed by atoms with E-state index in [-0.39, 0.29) is 11.8 Å². The summed E-state index contributed by atoms with van der Waals surface area (Å²) in [6.45, 7) is 2.95. The molecule has 0 aromatic rings. The van der Waals surface area contributed by atoms with E-state index in [2.05, 4.69) is 10.2 Å². The first-order valence-corrected chi connectivity index (χ1v) is 4.75. The lowest BCUT2D eigenvalue weighted by molar-refractivity contribution is -0.118. The van der Waals surface area contributed by atoms with Crippen LogP contribution in [0.1, 0.15) is 19.8 Å². The number of nitrogens with zero attached hydrogens (tertiary/aromatic N) is 1. The molecule has 1 aliphatic heterocycles. The van der Waals surface area contributed by atoms with Crippen molar-refractivity contribution in [2.45, 2.75) is 25.8 Å². The topological polar surface area (TPSA) is 32.3 Å². The van der Waals surface area contributed by atoms with Crippen molar-refractivity contribution in [1.29, 1.82) is 0 Å². The highest BCUT2D eigenvalue weighted by molar-refractivity contribution is 5.94. The zero-order valence-corrected chi connectivity index (χ0v) is 8.63. The number of hydrogen-bond donors (Lipinski definition) is 1. The van der Waals surface area contributed by atoms with Crippen molar-refractivity contribution < 1.29 is 4.79 Å². The quantitative estimate of drug-likeness (QED) is 0.654. The Morgan fingerprint density at radius 2 is 2.31 bits per heavy atom. The van der Waals surface area contributed by atoms with Crippen molar-refractivity contribution in [3.63, 3.8) is 0 Å². The van der Waals surface area contributed by atoms with Crippen molar-refractivity contribution in [3.8, 4) is 0 Å². The predicted octanol–water partition coefficient (Wildman–Crippen LogP) is 0.773. The number of carbonyl (C=O) groups excluding carboxylic acids is 1. The molecule has 1 N–H and O–H groups in total. The van der Waals surface area contributed by atoms with Gasteiger partial charge in [0.25, 0.3) is 0 Å². The molecule has 1 atom stereocenters. The molecule has 1 aliphatic rings. The third-order valence-corrected chi connectivity index (χ3v) is 2.60. The maximum atomic E-state index is 11.7. The molecule has 0 spiro atoms. The maximum Gasteiger partial charge on any atom is 0.174 e. The van der Waals surface area contributed by atoms with E-state index in [1.807, 2.05) is 21.0 Å². The first-order valence-electron chi connectivity index (χ1n) is 4.75. The van der Waals surface area contributed by atoms with Gasteiger partial charge in [0.15, 0.2) is 5.78 Å². The second-order valence-electron chi connectivity index (χ2n) is 3.62.